The lowest BCUT2D eigenvalue weighted by Gasteiger charge is -2.30. The fourth-order valence-electron chi connectivity index (χ4n) is 2.10. The van der Waals surface area contributed by atoms with E-state index in [1.807, 2.05) is 18.2 Å². The molecule has 2 N–H and O–H groups in total. The topological polar surface area (TPSA) is 70.9 Å². The highest BCUT2D eigenvalue weighted by Gasteiger charge is 2.24. The number of aryl methyl sites for hydroxylation is 1. The zero-order chi connectivity index (χ0) is 16.2. The fraction of sp³-hybridized carbons (Fsp3) is 0.471. The van der Waals surface area contributed by atoms with Gasteiger partial charge in [-0.05, 0) is 24.0 Å². The molecule has 118 valence electrons. The Bertz CT molecular complexity index is 608. The van der Waals surface area contributed by atoms with Crippen molar-refractivity contribution >= 4 is 5.82 Å². The summed E-state index contributed by atoms with van der Waals surface area (Å²) in [4.78, 5) is 13.2. The minimum atomic E-state index is -0.0719. The smallest absolute Gasteiger partial charge is 0.161 e. The van der Waals surface area contributed by atoms with Crippen LogP contribution in [0.3, 0.4) is 0 Å². The summed E-state index contributed by atoms with van der Waals surface area (Å²) < 4.78 is 0. The first-order valence-electron chi connectivity index (χ1n) is 7.59. The van der Waals surface area contributed by atoms with Crippen molar-refractivity contribution in [1.29, 1.82) is 0 Å². The van der Waals surface area contributed by atoms with Gasteiger partial charge >= 0.3 is 0 Å². The van der Waals surface area contributed by atoms with Crippen LogP contribution in [0.2, 0.25) is 0 Å². The highest BCUT2D eigenvalue weighted by molar-refractivity contribution is 5.57. The fourth-order valence-corrected chi connectivity index (χ4v) is 2.10. The van der Waals surface area contributed by atoms with Crippen LogP contribution in [0.5, 0.6) is 0 Å². The number of aromatic nitrogens is 3. The normalized spacial score (nSPS) is 13.0. The van der Waals surface area contributed by atoms with Crippen LogP contribution in [0.4, 0.5) is 5.82 Å². The van der Waals surface area contributed by atoms with E-state index in [0.717, 1.165) is 23.5 Å². The van der Waals surface area contributed by atoms with Gasteiger partial charge in [-0.15, -0.1) is 0 Å². The second-order valence-electron chi connectivity index (χ2n) is 6.40. The molecular weight excluding hydrogens is 276 g/mol. The predicted molar refractivity (Wildman–Crippen MR) is 88.6 cm³/mol. The summed E-state index contributed by atoms with van der Waals surface area (Å²) in [5.41, 5.74) is 1.84. The average molecular weight is 300 g/mol. The van der Waals surface area contributed by atoms with Gasteiger partial charge in [-0.1, -0.05) is 27.7 Å². The third kappa shape index (κ3) is 4.01. The van der Waals surface area contributed by atoms with Gasteiger partial charge in [0, 0.05) is 29.7 Å². The van der Waals surface area contributed by atoms with Crippen molar-refractivity contribution in [3.63, 3.8) is 0 Å². The summed E-state index contributed by atoms with van der Waals surface area (Å²) >= 11 is 0. The molecule has 2 heterocycles. The minimum Gasteiger partial charge on any atom is -0.394 e. The van der Waals surface area contributed by atoms with E-state index in [0.29, 0.717) is 5.82 Å². The van der Waals surface area contributed by atoms with Gasteiger partial charge in [0.2, 0.25) is 0 Å². The van der Waals surface area contributed by atoms with Crippen LogP contribution in [0.15, 0.2) is 30.6 Å². The molecule has 0 amide bonds. The Balaban J connectivity index is 2.36. The lowest BCUT2D eigenvalue weighted by atomic mass is 9.87. The first-order chi connectivity index (χ1) is 10.4. The van der Waals surface area contributed by atoms with Crippen molar-refractivity contribution in [1.82, 2.24) is 15.0 Å². The minimum absolute atomic E-state index is 0.0551. The van der Waals surface area contributed by atoms with Crippen molar-refractivity contribution in [3.05, 3.63) is 36.3 Å². The lowest BCUT2D eigenvalue weighted by Crippen LogP contribution is -2.37. The summed E-state index contributed by atoms with van der Waals surface area (Å²) in [5.74, 6) is 1.42. The molecule has 2 rings (SSSR count). The molecule has 5 heteroatoms. The molecule has 22 heavy (non-hydrogen) atoms. The van der Waals surface area contributed by atoms with Gasteiger partial charge < -0.3 is 10.4 Å². The molecule has 0 spiro atoms. The van der Waals surface area contributed by atoms with E-state index >= 15 is 0 Å². The SMILES string of the molecule is CCc1cc(N[C@H](CO)C(C)(C)C)nc(-c2ccncc2)n1. The van der Waals surface area contributed by atoms with E-state index in [2.05, 4.69) is 48.0 Å². The second kappa shape index (κ2) is 6.83. The number of rotatable bonds is 5. The van der Waals surface area contributed by atoms with Gasteiger partial charge in [0.05, 0.1) is 12.6 Å². The Hall–Kier alpha value is -2.01. The van der Waals surface area contributed by atoms with E-state index in [1.54, 1.807) is 12.4 Å². The van der Waals surface area contributed by atoms with E-state index in [9.17, 15) is 5.11 Å². The monoisotopic (exact) mass is 300 g/mol. The summed E-state index contributed by atoms with van der Waals surface area (Å²) in [6.45, 7) is 8.39. The van der Waals surface area contributed by atoms with Crippen LogP contribution in [0.25, 0.3) is 11.4 Å². The first-order valence-corrected chi connectivity index (χ1v) is 7.59. The summed E-state index contributed by atoms with van der Waals surface area (Å²) in [6, 6.07) is 5.66. The number of anilines is 1. The maximum absolute atomic E-state index is 9.62. The third-order valence-corrected chi connectivity index (χ3v) is 3.63. The molecule has 2 aromatic heterocycles. The van der Waals surface area contributed by atoms with E-state index < -0.39 is 0 Å². The number of hydrogen-bond donors (Lipinski definition) is 2. The summed E-state index contributed by atoms with van der Waals surface area (Å²) in [5, 5.41) is 13.0. The van der Waals surface area contributed by atoms with Gasteiger partial charge in [0.1, 0.15) is 5.82 Å². The summed E-state index contributed by atoms with van der Waals surface area (Å²) in [7, 11) is 0. The maximum Gasteiger partial charge on any atom is 0.161 e. The lowest BCUT2D eigenvalue weighted by molar-refractivity contribution is 0.201. The molecular formula is C17H24N4O. The number of aliphatic hydroxyl groups excluding tert-OH is 1. The largest absolute Gasteiger partial charge is 0.394 e. The molecule has 5 nitrogen and oxygen atoms in total. The van der Waals surface area contributed by atoms with Crippen molar-refractivity contribution in [2.24, 2.45) is 5.41 Å². The quantitative estimate of drug-likeness (QED) is 0.888. The number of hydrogen-bond acceptors (Lipinski definition) is 5. The molecule has 0 aromatic carbocycles. The molecule has 0 bridgehead atoms. The van der Waals surface area contributed by atoms with Crippen LogP contribution in [0, 0.1) is 5.41 Å². The van der Waals surface area contributed by atoms with Gasteiger partial charge in [-0.25, -0.2) is 9.97 Å². The molecule has 2 aromatic rings. The average Bonchev–Trinajstić information content (AvgIpc) is 2.52. The van der Waals surface area contributed by atoms with E-state index in [1.165, 1.54) is 0 Å². The highest BCUT2D eigenvalue weighted by Crippen LogP contribution is 2.24. The molecule has 1 atom stereocenters. The first kappa shape index (κ1) is 16.4. The molecule has 0 aliphatic rings. The van der Waals surface area contributed by atoms with E-state index in [4.69, 9.17) is 0 Å². The molecule has 0 aliphatic carbocycles. The molecule has 0 saturated heterocycles. The summed E-state index contributed by atoms with van der Waals surface area (Å²) in [6.07, 6.45) is 4.29. The zero-order valence-electron chi connectivity index (χ0n) is 13.7. The number of aliphatic hydroxyl groups is 1. The van der Waals surface area contributed by atoms with Gasteiger partial charge in [-0.2, -0.15) is 0 Å². The van der Waals surface area contributed by atoms with Crippen LogP contribution < -0.4 is 5.32 Å². The van der Waals surface area contributed by atoms with Crippen LogP contribution in [-0.4, -0.2) is 32.7 Å². The molecule has 0 aliphatic heterocycles. The van der Waals surface area contributed by atoms with Gasteiger partial charge in [0.25, 0.3) is 0 Å². The Labute approximate surface area is 131 Å². The van der Waals surface area contributed by atoms with Crippen molar-refractivity contribution in [2.75, 3.05) is 11.9 Å². The van der Waals surface area contributed by atoms with Gasteiger partial charge in [0.15, 0.2) is 5.82 Å². The standard InChI is InChI=1S/C17H24N4O/c1-5-13-10-15(20-14(11-22)17(2,3)4)21-16(19-13)12-6-8-18-9-7-12/h6-10,14,22H,5,11H2,1-4H3,(H,19,20,21)/t14-/m1/s1. The predicted octanol–water partition coefficient (Wildman–Crippen LogP) is 2.92. The van der Waals surface area contributed by atoms with Crippen molar-refractivity contribution in [3.8, 4) is 11.4 Å². The van der Waals surface area contributed by atoms with Crippen LogP contribution >= 0.6 is 0 Å². The van der Waals surface area contributed by atoms with Crippen molar-refractivity contribution < 1.29 is 5.11 Å². The Morgan fingerprint density at radius 2 is 1.86 bits per heavy atom. The highest BCUT2D eigenvalue weighted by atomic mass is 16.3. The number of nitrogens with zero attached hydrogens (tertiary/aromatic N) is 3. The Morgan fingerprint density at radius 1 is 1.18 bits per heavy atom. The van der Waals surface area contributed by atoms with E-state index in [-0.39, 0.29) is 18.1 Å². The molecule has 0 radical (unpaired) electrons. The Kier molecular flexibility index (Phi) is 5.08. The number of nitrogens with one attached hydrogen (secondary N) is 1. The Morgan fingerprint density at radius 3 is 2.41 bits per heavy atom. The maximum atomic E-state index is 9.62. The van der Waals surface area contributed by atoms with Crippen LogP contribution in [0.1, 0.15) is 33.4 Å². The van der Waals surface area contributed by atoms with Gasteiger partial charge in [-0.3, -0.25) is 4.98 Å². The van der Waals surface area contributed by atoms with Crippen molar-refractivity contribution in [2.45, 2.75) is 40.2 Å². The zero-order valence-corrected chi connectivity index (χ0v) is 13.7. The van der Waals surface area contributed by atoms with Crippen LogP contribution in [-0.2, 0) is 6.42 Å². The molecule has 0 fully saturated rings. The molecule has 0 saturated carbocycles. The molecule has 0 unspecified atom stereocenters. The number of pyridine rings is 1. The third-order valence-electron chi connectivity index (χ3n) is 3.63. The second-order valence-corrected chi connectivity index (χ2v) is 6.40.